The number of primary amides is 1. The predicted octanol–water partition coefficient (Wildman–Crippen LogP) is 1.28. The Morgan fingerprint density at radius 1 is 1.69 bits per heavy atom. The predicted molar refractivity (Wildman–Crippen MR) is 59.4 cm³/mol. The highest BCUT2D eigenvalue weighted by molar-refractivity contribution is 7.20. The highest BCUT2D eigenvalue weighted by Crippen LogP contribution is 2.35. The highest BCUT2D eigenvalue weighted by atomic mass is 32.1. The molecule has 0 unspecified atom stereocenters. The maximum absolute atomic E-state index is 11.2. The fourth-order valence-corrected chi connectivity index (χ4v) is 2.41. The number of carbonyl (C=O) groups is 1. The van der Waals surface area contributed by atoms with Crippen LogP contribution in [0.5, 0.6) is 5.75 Å². The molecule has 16 heavy (non-hydrogen) atoms. The second-order valence-electron chi connectivity index (χ2n) is 2.98. The zero-order valence-corrected chi connectivity index (χ0v) is 9.17. The van der Waals surface area contributed by atoms with Crippen LogP contribution in [-0.2, 0) is 0 Å². The molecule has 2 rings (SSSR count). The van der Waals surface area contributed by atoms with Crippen LogP contribution in [-0.4, -0.2) is 18.0 Å². The molecule has 2 N–H and O–H groups in total. The molecule has 0 saturated carbocycles. The van der Waals surface area contributed by atoms with Gasteiger partial charge in [0.2, 0.25) is 0 Å². The lowest BCUT2D eigenvalue weighted by Gasteiger charge is -2.00. The van der Waals surface area contributed by atoms with E-state index in [9.17, 15) is 4.79 Å². The fraction of sp³-hybridized carbons (Fsp3) is 0.100. The van der Waals surface area contributed by atoms with E-state index in [-0.39, 0.29) is 10.4 Å². The van der Waals surface area contributed by atoms with Gasteiger partial charge < -0.3 is 10.5 Å². The first-order chi connectivity index (χ1) is 7.69. The Bertz CT molecular complexity index is 612. The summed E-state index contributed by atoms with van der Waals surface area (Å²) in [7, 11) is 1.50. The average Bonchev–Trinajstić information content (AvgIpc) is 2.67. The minimum absolute atomic E-state index is 0.217. The van der Waals surface area contributed by atoms with Crippen molar-refractivity contribution in [2.75, 3.05) is 7.11 Å². The van der Waals surface area contributed by atoms with Gasteiger partial charge in [-0.05, 0) is 6.07 Å². The Labute approximate surface area is 95.1 Å². The molecular formula is C10H7N3O2S. The zero-order chi connectivity index (χ0) is 11.7. The molecule has 0 aliphatic rings. The van der Waals surface area contributed by atoms with E-state index in [4.69, 9.17) is 15.7 Å². The lowest BCUT2D eigenvalue weighted by Crippen LogP contribution is -2.10. The molecule has 5 nitrogen and oxygen atoms in total. The van der Waals surface area contributed by atoms with Gasteiger partial charge in [0.15, 0.2) is 0 Å². The summed E-state index contributed by atoms with van der Waals surface area (Å²) >= 11 is 1.10. The Balaban J connectivity index is 2.90. The number of pyridine rings is 1. The Morgan fingerprint density at radius 2 is 2.44 bits per heavy atom. The van der Waals surface area contributed by atoms with Gasteiger partial charge in [0.25, 0.3) is 5.91 Å². The molecule has 0 aliphatic heterocycles. The Hall–Kier alpha value is -2.13. The summed E-state index contributed by atoms with van der Waals surface area (Å²) in [5, 5.41) is 9.59. The van der Waals surface area contributed by atoms with Gasteiger partial charge in [0.05, 0.1) is 18.1 Å². The first kappa shape index (κ1) is 10.4. The van der Waals surface area contributed by atoms with Gasteiger partial charge in [0, 0.05) is 6.20 Å². The maximum atomic E-state index is 11.2. The van der Waals surface area contributed by atoms with Crippen molar-refractivity contribution >= 4 is 27.5 Å². The van der Waals surface area contributed by atoms with Gasteiger partial charge in [0.1, 0.15) is 21.5 Å². The lowest BCUT2D eigenvalue weighted by atomic mass is 10.1. The molecule has 2 heterocycles. The third-order valence-corrected chi connectivity index (χ3v) is 3.22. The summed E-state index contributed by atoms with van der Waals surface area (Å²) < 4.78 is 5.13. The topological polar surface area (TPSA) is 89.0 Å². The molecular weight excluding hydrogens is 226 g/mol. The number of nitriles is 1. The Kier molecular flexibility index (Phi) is 2.46. The van der Waals surface area contributed by atoms with Crippen LogP contribution >= 0.6 is 11.3 Å². The SMILES string of the molecule is COc1ccnc2sc(C(N)=O)c(C#N)c12. The van der Waals surface area contributed by atoms with E-state index in [1.807, 2.05) is 6.07 Å². The summed E-state index contributed by atoms with van der Waals surface area (Å²) in [6.45, 7) is 0. The van der Waals surface area contributed by atoms with Crippen molar-refractivity contribution in [2.45, 2.75) is 0 Å². The molecule has 0 bridgehead atoms. The number of aromatic nitrogens is 1. The zero-order valence-electron chi connectivity index (χ0n) is 8.35. The minimum Gasteiger partial charge on any atom is -0.496 e. The van der Waals surface area contributed by atoms with Crippen LogP contribution in [0.4, 0.5) is 0 Å². The van der Waals surface area contributed by atoms with Gasteiger partial charge in [-0.2, -0.15) is 5.26 Å². The van der Waals surface area contributed by atoms with Crippen LogP contribution in [0.3, 0.4) is 0 Å². The number of hydrogen-bond acceptors (Lipinski definition) is 5. The lowest BCUT2D eigenvalue weighted by molar-refractivity contribution is 0.100. The standard InChI is InChI=1S/C10H7N3O2S/c1-15-6-2-3-13-10-7(6)5(4-11)8(16-10)9(12)14/h2-3H,1H3,(H2,12,14). The smallest absolute Gasteiger partial charge is 0.260 e. The van der Waals surface area contributed by atoms with Crippen LogP contribution in [0.1, 0.15) is 15.2 Å². The van der Waals surface area contributed by atoms with Crippen molar-refractivity contribution in [3.8, 4) is 11.8 Å². The molecule has 2 aromatic rings. The fourth-order valence-electron chi connectivity index (χ4n) is 1.44. The number of nitrogens with zero attached hydrogens (tertiary/aromatic N) is 2. The third-order valence-electron chi connectivity index (χ3n) is 2.11. The molecule has 1 amide bonds. The average molecular weight is 233 g/mol. The summed E-state index contributed by atoms with van der Waals surface area (Å²) in [4.78, 5) is 16.0. The first-order valence-corrected chi connectivity index (χ1v) is 5.16. The van der Waals surface area contributed by atoms with Crippen molar-refractivity contribution in [3.63, 3.8) is 0 Å². The normalized spacial score (nSPS) is 10.0. The van der Waals surface area contributed by atoms with Gasteiger partial charge in [-0.1, -0.05) is 0 Å². The maximum Gasteiger partial charge on any atom is 0.260 e. The summed E-state index contributed by atoms with van der Waals surface area (Å²) in [5.41, 5.74) is 5.43. The molecule has 0 radical (unpaired) electrons. The van der Waals surface area contributed by atoms with Gasteiger partial charge >= 0.3 is 0 Å². The monoisotopic (exact) mass is 233 g/mol. The molecule has 2 aromatic heterocycles. The second kappa shape index (κ2) is 3.79. The number of hydrogen-bond donors (Lipinski definition) is 1. The molecule has 0 aromatic carbocycles. The van der Waals surface area contributed by atoms with Crippen LogP contribution in [0.25, 0.3) is 10.2 Å². The van der Waals surface area contributed by atoms with Crippen LogP contribution in [0, 0.1) is 11.3 Å². The van der Waals surface area contributed by atoms with Crippen LogP contribution < -0.4 is 10.5 Å². The van der Waals surface area contributed by atoms with Crippen molar-refractivity contribution in [1.29, 1.82) is 5.26 Å². The molecule has 0 fully saturated rings. The first-order valence-electron chi connectivity index (χ1n) is 4.34. The van der Waals surface area contributed by atoms with Gasteiger partial charge in [-0.25, -0.2) is 4.98 Å². The molecule has 80 valence electrons. The molecule has 0 spiro atoms. The highest BCUT2D eigenvalue weighted by Gasteiger charge is 2.19. The number of carbonyl (C=O) groups excluding carboxylic acids is 1. The third kappa shape index (κ3) is 1.38. The number of thiophene rings is 1. The number of nitrogens with two attached hydrogens (primary N) is 1. The van der Waals surface area contributed by atoms with Crippen LogP contribution in [0.2, 0.25) is 0 Å². The number of rotatable bonds is 2. The van der Waals surface area contributed by atoms with E-state index in [1.165, 1.54) is 7.11 Å². The Morgan fingerprint density at radius 3 is 3.00 bits per heavy atom. The van der Waals surface area contributed by atoms with E-state index in [0.717, 1.165) is 11.3 Å². The number of ether oxygens (including phenoxy) is 1. The van der Waals surface area contributed by atoms with E-state index < -0.39 is 5.91 Å². The van der Waals surface area contributed by atoms with Crippen molar-refractivity contribution in [1.82, 2.24) is 4.98 Å². The molecule has 0 atom stereocenters. The summed E-state index contributed by atoms with van der Waals surface area (Å²) in [5.74, 6) is -0.105. The second-order valence-corrected chi connectivity index (χ2v) is 3.97. The quantitative estimate of drug-likeness (QED) is 0.845. The van der Waals surface area contributed by atoms with Gasteiger partial charge in [-0.15, -0.1) is 11.3 Å². The molecule has 0 saturated heterocycles. The van der Waals surface area contributed by atoms with E-state index >= 15 is 0 Å². The number of fused-ring (bicyclic) bond motifs is 1. The van der Waals surface area contributed by atoms with Crippen molar-refractivity contribution in [2.24, 2.45) is 5.73 Å². The van der Waals surface area contributed by atoms with Gasteiger partial charge in [-0.3, -0.25) is 4.79 Å². The number of methoxy groups -OCH3 is 1. The molecule has 0 aliphatic carbocycles. The van der Waals surface area contributed by atoms with E-state index in [2.05, 4.69) is 4.98 Å². The van der Waals surface area contributed by atoms with Crippen LogP contribution in [0.15, 0.2) is 12.3 Å². The summed E-state index contributed by atoms with van der Waals surface area (Å²) in [6, 6.07) is 3.60. The minimum atomic E-state index is -0.624. The van der Waals surface area contributed by atoms with Crippen molar-refractivity contribution < 1.29 is 9.53 Å². The molecule has 6 heteroatoms. The van der Waals surface area contributed by atoms with Crippen molar-refractivity contribution in [3.05, 3.63) is 22.7 Å². The number of amides is 1. The summed E-state index contributed by atoms with van der Waals surface area (Å²) in [6.07, 6.45) is 1.56. The van der Waals surface area contributed by atoms with E-state index in [0.29, 0.717) is 16.0 Å². The largest absolute Gasteiger partial charge is 0.496 e. The van der Waals surface area contributed by atoms with E-state index in [1.54, 1.807) is 12.3 Å².